The molecular formula is C24H23N3O4S. The van der Waals surface area contributed by atoms with Gasteiger partial charge in [0.1, 0.15) is 6.04 Å². The Hall–Kier alpha value is -3.65. The smallest absolute Gasteiger partial charge is 0.264 e. The maximum atomic E-state index is 13.2. The van der Waals surface area contributed by atoms with Crippen LogP contribution in [0.15, 0.2) is 83.8 Å². The highest BCUT2D eigenvalue weighted by molar-refractivity contribution is 7.92. The van der Waals surface area contributed by atoms with E-state index in [-0.39, 0.29) is 22.9 Å². The summed E-state index contributed by atoms with van der Waals surface area (Å²) in [6.45, 7) is 0.263. The fourth-order valence-corrected chi connectivity index (χ4v) is 5.06. The van der Waals surface area contributed by atoms with Crippen LogP contribution in [0.25, 0.3) is 0 Å². The van der Waals surface area contributed by atoms with Gasteiger partial charge in [-0.3, -0.25) is 13.9 Å². The molecule has 1 aliphatic rings. The molecular weight excluding hydrogens is 426 g/mol. The molecule has 1 heterocycles. The molecule has 32 heavy (non-hydrogen) atoms. The summed E-state index contributed by atoms with van der Waals surface area (Å²) < 4.78 is 27.1. The van der Waals surface area contributed by atoms with Crippen LogP contribution < -0.4 is 10.0 Å². The molecule has 2 amide bonds. The Labute approximate surface area is 187 Å². The molecule has 1 atom stereocenters. The number of primary amides is 1. The van der Waals surface area contributed by atoms with E-state index < -0.39 is 22.0 Å². The third kappa shape index (κ3) is 3.97. The number of hydrogen-bond acceptors (Lipinski definition) is 4. The lowest BCUT2D eigenvalue weighted by Crippen LogP contribution is -2.51. The van der Waals surface area contributed by atoms with E-state index in [0.717, 1.165) is 11.1 Å². The number of sulfonamides is 1. The van der Waals surface area contributed by atoms with Crippen molar-refractivity contribution >= 4 is 27.5 Å². The standard InChI is InChI=1S/C24H23N3O4S/c1-26(20-9-3-2-4-10-20)32(30,31)21-13-11-17(12-14-21)24(29)27-16-19-8-6-5-7-18(19)15-22(27)23(25)28/h2-14,22H,15-16H2,1H3,(H2,25,28). The van der Waals surface area contributed by atoms with Crippen LogP contribution in [0, 0.1) is 0 Å². The first-order valence-corrected chi connectivity index (χ1v) is 11.5. The van der Waals surface area contributed by atoms with Gasteiger partial charge in [0.2, 0.25) is 5.91 Å². The number of nitrogens with zero attached hydrogens (tertiary/aromatic N) is 2. The van der Waals surface area contributed by atoms with Crippen molar-refractivity contribution in [2.45, 2.75) is 23.9 Å². The third-order valence-electron chi connectivity index (χ3n) is 5.72. The number of fused-ring (bicyclic) bond motifs is 1. The van der Waals surface area contributed by atoms with Gasteiger partial charge in [-0.2, -0.15) is 0 Å². The lowest BCUT2D eigenvalue weighted by Gasteiger charge is -2.35. The summed E-state index contributed by atoms with van der Waals surface area (Å²) in [4.78, 5) is 26.8. The summed E-state index contributed by atoms with van der Waals surface area (Å²) in [7, 11) is -2.31. The maximum Gasteiger partial charge on any atom is 0.264 e. The molecule has 1 aliphatic heterocycles. The second kappa shape index (κ2) is 8.47. The van der Waals surface area contributed by atoms with E-state index >= 15 is 0 Å². The average Bonchev–Trinajstić information content (AvgIpc) is 2.82. The maximum absolute atomic E-state index is 13.2. The van der Waals surface area contributed by atoms with Crippen LogP contribution in [0.5, 0.6) is 0 Å². The highest BCUT2D eigenvalue weighted by Crippen LogP contribution is 2.26. The molecule has 0 aliphatic carbocycles. The lowest BCUT2D eigenvalue weighted by atomic mass is 9.93. The molecule has 0 fully saturated rings. The molecule has 0 saturated carbocycles. The minimum absolute atomic E-state index is 0.0656. The van der Waals surface area contributed by atoms with E-state index in [4.69, 9.17) is 5.73 Å². The van der Waals surface area contributed by atoms with Crippen molar-refractivity contribution in [2.75, 3.05) is 11.4 Å². The predicted octanol–water partition coefficient (Wildman–Crippen LogP) is 2.56. The van der Waals surface area contributed by atoms with E-state index in [1.165, 1.54) is 40.5 Å². The SMILES string of the molecule is CN(c1ccccc1)S(=O)(=O)c1ccc(C(=O)N2Cc3ccccc3CC2C(N)=O)cc1. The number of amides is 2. The number of rotatable bonds is 5. The molecule has 0 aromatic heterocycles. The first-order chi connectivity index (χ1) is 15.3. The number of carbonyl (C=O) groups is 2. The third-order valence-corrected chi connectivity index (χ3v) is 7.52. The second-order valence-corrected chi connectivity index (χ2v) is 9.63. The van der Waals surface area contributed by atoms with E-state index in [0.29, 0.717) is 12.1 Å². The largest absolute Gasteiger partial charge is 0.368 e. The zero-order valence-electron chi connectivity index (χ0n) is 17.5. The molecule has 0 bridgehead atoms. The van der Waals surface area contributed by atoms with Crippen LogP contribution in [-0.4, -0.2) is 38.2 Å². The molecule has 7 nitrogen and oxygen atoms in total. The normalized spacial score (nSPS) is 15.7. The summed E-state index contributed by atoms with van der Waals surface area (Å²) >= 11 is 0. The zero-order valence-corrected chi connectivity index (χ0v) is 18.3. The summed E-state index contributed by atoms with van der Waals surface area (Å²) in [5.41, 5.74) is 8.35. The molecule has 1 unspecified atom stereocenters. The van der Waals surface area contributed by atoms with Gasteiger partial charge < -0.3 is 10.6 Å². The molecule has 0 spiro atoms. The Bertz CT molecular complexity index is 1260. The fourth-order valence-electron chi connectivity index (χ4n) is 3.86. The fraction of sp³-hybridized carbons (Fsp3) is 0.167. The van der Waals surface area contributed by atoms with Crippen molar-refractivity contribution in [1.29, 1.82) is 0 Å². The highest BCUT2D eigenvalue weighted by atomic mass is 32.2. The number of benzene rings is 3. The topological polar surface area (TPSA) is 101 Å². The van der Waals surface area contributed by atoms with Gasteiger partial charge in [-0.15, -0.1) is 0 Å². The Balaban J connectivity index is 1.60. The Kier molecular flexibility index (Phi) is 5.71. The monoisotopic (exact) mass is 449 g/mol. The predicted molar refractivity (Wildman–Crippen MR) is 121 cm³/mol. The van der Waals surface area contributed by atoms with Crippen LogP contribution in [0.4, 0.5) is 5.69 Å². The zero-order chi connectivity index (χ0) is 22.9. The minimum atomic E-state index is -3.79. The summed E-state index contributed by atoms with van der Waals surface area (Å²) in [5, 5.41) is 0. The van der Waals surface area contributed by atoms with E-state index in [1.807, 2.05) is 30.3 Å². The van der Waals surface area contributed by atoms with Gasteiger partial charge in [-0.05, 0) is 47.5 Å². The molecule has 4 rings (SSSR count). The molecule has 3 aromatic carbocycles. The van der Waals surface area contributed by atoms with E-state index in [2.05, 4.69) is 0 Å². The van der Waals surface area contributed by atoms with Gasteiger partial charge in [-0.25, -0.2) is 8.42 Å². The number of anilines is 1. The quantitative estimate of drug-likeness (QED) is 0.647. The summed E-state index contributed by atoms with van der Waals surface area (Å²) in [6.07, 6.45) is 0.353. The highest BCUT2D eigenvalue weighted by Gasteiger charge is 2.34. The van der Waals surface area contributed by atoms with Gasteiger partial charge >= 0.3 is 0 Å². The number of nitrogens with two attached hydrogens (primary N) is 1. The van der Waals surface area contributed by atoms with Gasteiger partial charge in [-0.1, -0.05) is 42.5 Å². The average molecular weight is 450 g/mol. The van der Waals surface area contributed by atoms with Crippen molar-refractivity contribution in [3.05, 3.63) is 95.6 Å². The Morgan fingerprint density at radius 2 is 1.50 bits per heavy atom. The van der Waals surface area contributed by atoms with Crippen molar-refractivity contribution < 1.29 is 18.0 Å². The van der Waals surface area contributed by atoms with Gasteiger partial charge in [0.15, 0.2) is 0 Å². The molecule has 3 aromatic rings. The first-order valence-electron chi connectivity index (χ1n) is 10.1. The van der Waals surface area contributed by atoms with Crippen LogP contribution in [0.3, 0.4) is 0 Å². The van der Waals surface area contributed by atoms with E-state index in [9.17, 15) is 18.0 Å². The van der Waals surface area contributed by atoms with Crippen molar-refractivity contribution in [3.8, 4) is 0 Å². The van der Waals surface area contributed by atoms with Gasteiger partial charge in [0.25, 0.3) is 15.9 Å². The van der Waals surface area contributed by atoms with Crippen LogP contribution in [-0.2, 0) is 27.8 Å². The number of para-hydroxylation sites is 1. The van der Waals surface area contributed by atoms with Crippen LogP contribution in [0.1, 0.15) is 21.5 Å². The second-order valence-electron chi connectivity index (χ2n) is 7.66. The first kappa shape index (κ1) is 21.6. The molecule has 0 saturated heterocycles. The summed E-state index contributed by atoms with van der Waals surface area (Å²) in [5.74, 6) is -0.944. The number of hydrogen-bond donors (Lipinski definition) is 1. The van der Waals surface area contributed by atoms with Crippen molar-refractivity contribution in [2.24, 2.45) is 5.73 Å². The van der Waals surface area contributed by atoms with Crippen LogP contribution in [0.2, 0.25) is 0 Å². The molecule has 8 heteroatoms. The molecule has 164 valence electrons. The van der Waals surface area contributed by atoms with Gasteiger partial charge in [0, 0.05) is 25.6 Å². The molecule has 2 N–H and O–H groups in total. The van der Waals surface area contributed by atoms with Crippen molar-refractivity contribution in [3.63, 3.8) is 0 Å². The summed E-state index contributed by atoms with van der Waals surface area (Å²) in [6, 6.07) is 21.3. The molecule has 0 radical (unpaired) electrons. The van der Waals surface area contributed by atoms with Gasteiger partial charge in [0.05, 0.1) is 10.6 Å². The lowest BCUT2D eigenvalue weighted by molar-refractivity contribution is -0.122. The Morgan fingerprint density at radius 3 is 2.12 bits per heavy atom. The minimum Gasteiger partial charge on any atom is -0.368 e. The van der Waals surface area contributed by atoms with Crippen molar-refractivity contribution in [1.82, 2.24) is 4.90 Å². The van der Waals surface area contributed by atoms with E-state index in [1.54, 1.807) is 24.3 Å². The number of carbonyl (C=O) groups excluding carboxylic acids is 2. The van der Waals surface area contributed by atoms with Crippen LogP contribution >= 0.6 is 0 Å². The Morgan fingerprint density at radius 1 is 0.906 bits per heavy atom.